The molecular formula is C14H23N3O. The quantitative estimate of drug-likeness (QED) is 0.885. The molecule has 100 valence electrons. The minimum Gasteiger partial charge on any atom is -0.481 e. The molecule has 0 spiro atoms. The van der Waals surface area contributed by atoms with Crippen LogP contribution >= 0.6 is 0 Å². The van der Waals surface area contributed by atoms with E-state index in [1.807, 2.05) is 12.3 Å². The van der Waals surface area contributed by atoms with Gasteiger partial charge in [-0.25, -0.2) is 4.98 Å². The standard InChI is InChI=1S/C14H23N3O/c1-10-11(2)17(7-6-13(10)15)9-12-4-5-14(18-3)16-8-12/h4-5,8,10-11,13H,6-7,9,15H2,1-3H3. The van der Waals surface area contributed by atoms with Gasteiger partial charge in [-0.15, -0.1) is 0 Å². The average Bonchev–Trinajstić information content (AvgIpc) is 2.40. The van der Waals surface area contributed by atoms with Crippen LogP contribution in [0, 0.1) is 5.92 Å². The Morgan fingerprint density at radius 2 is 2.22 bits per heavy atom. The monoisotopic (exact) mass is 249 g/mol. The SMILES string of the molecule is COc1ccc(CN2CCC(N)C(C)C2C)cn1. The van der Waals surface area contributed by atoms with Crippen molar-refractivity contribution >= 4 is 0 Å². The maximum absolute atomic E-state index is 6.11. The number of likely N-dealkylation sites (tertiary alicyclic amines) is 1. The van der Waals surface area contributed by atoms with Gasteiger partial charge in [0.1, 0.15) is 0 Å². The van der Waals surface area contributed by atoms with Gasteiger partial charge in [-0.3, -0.25) is 4.90 Å². The Morgan fingerprint density at radius 3 is 2.83 bits per heavy atom. The van der Waals surface area contributed by atoms with E-state index in [2.05, 4.69) is 29.8 Å². The summed E-state index contributed by atoms with van der Waals surface area (Å²) in [6.07, 6.45) is 2.97. The van der Waals surface area contributed by atoms with Crippen LogP contribution in [0.25, 0.3) is 0 Å². The highest BCUT2D eigenvalue weighted by atomic mass is 16.5. The maximum atomic E-state index is 6.11. The molecule has 1 aromatic heterocycles. The molecule has 4 nitrogen and oxygen atoms in total. The third-order valence-electron chi connectivity index (χ3n) is 4.15. The van der Waals surface area contributed by atoms with E-state index in [0.717, 1.165) is 19.5 Å². The van der Waals surface area contributed by atoms with Crippen molar-refractivity contribution in [2.45, 2.75) is 38.9 Å². The molecule has 0 aliphatic carbocycles. The molecule has 2 rings (SSSR count). The van der Waals surface area contributed by atoms with Crippen LogP contribution < -0.4 is 10.5 Å². The van der Waals surface area contributed by atoms with Gasteiger partial charge in [0.15, 0.2) is 0 Å². The summed E-state index contributed by atoms with van der Waals surface area (Å²) < 4.78 is 5.07. The van der Waals surface area contributed by atoms with Gasteiger partial charge in [-0.2, -0.15) is 0 Å². The predicted molar refractivity (Wildman–Crippen MR) is 72.4 cm³/mol. The summed E-state index contributed by atoms with van der Waals surface area (Å²) >= 11 is 0. The normalized spacial score (nSPS) is 29.2. The van der Waals surface area contributed by atoms with Crippen molar-refractivity contribution < 1.29 is 4.74 Å². The summed E-state index contributed by atoms with van der Waals surface area (Å²) in [5.74, 6) is 1.21. The number of hydrogen-bond donors (Lipinski definition) is 1. The predicted octanol–water partition coefficient (Wildman–Crippen LogP) is 1.65. The molecule has 1 aliphatic heterocycles. The van der Waals surface area contributed by atoms with Crippen molar-refractivity contribution in [1.82, 2.24) is 9.88 Å². The van der Waals surface area contributed by atoms with Crippen molar-refractivity contribution in [1.29, 1.82) is 0 Å². The van der Waals surface area contributed by atoms with E-state index >= 15 is 0 Å². The number of methoxy groups -OCH3 is 1. The Bertz CT molecular complexity index is 379. The van der Waals surface area contributed by atoms with Gasteiger partial charge in [-0.05, 0) is 24.8 Å². The van der Waals surface area contributed by atoms with Crippen LogP contribution in [-0.2, 0) is 6.54 Å². The van der Waals surface area contributed by atoms with E-state index in [4.69, 9.17) is 10.5 Å². The summed E-state index contributed by atoms with van der Waals surface area (Å²) in [6, 6.07) is 4.86. The lowest BCUT2D eigenvalue weighted by atomic mass is 9.87. The molecule has 0 saturated carbocycles. The maximum Gasteiger partial charge on any atom is 0.212 e. The molecule has 1 saturated heterocycles. The first-order chi connectivity index (χ1) is 8.61. The number of rotatable bonds is 3. The second-order valence-electron chi connectivity index (χ2n) is 5.23. The highest BCUT2D eigenvalue weighted by Crippen LogP contribution is 2.24. The molecule has 1 fully saturated rings. The van der Waals surface area contributed by atoms with E-state index < -0.39 is 0 Å². The lowest BCUT2D eigenvalue weighted by molar-refractivity contribution is 0.0909. The number of pyridine rings is 1. The number of ether oxygens (including phenoxy) is 1. The molecule has 1 aromatic rings. The van der Waals surface area contributed by atoms with Gasteiger partial charge < -0.3 is 10.5 Å². The molecule has 3 atom stereocenters. The second-order valence-corrected chi connectivity index (χ2v) is 5.23. The Morgan fingerprint density at radius 1 is 1.44 bits per heavy atom. The summed E-state index contributed by atoms with van der Waals surface area (Å²) in [4.78, 5) is 6.73. The minimum atomic E-state index is 0.338. The van der Waals surface area contributed by atoms with Crippen LogP contribution in [0.4, 0.5) is 0 Å². The fraction of sp³-hybridized carbons (Fsp3) is 0.643. The van der Waals surface area contributed by atoms with Crippen LogP contribution in [0.5, 0.6) is 5.88 Å². The fourth-order valence-electron chi connectivity index (χ4n) is 2.55. The largest absolute Gasteiger partial charge is 0.481 e. The molecule has 0 aromatic carbocycles. The summed E-state index contributed by atoms with van der Waals surface area (Å²) in [5.41, 5.74) is 7.33. The van der Waals surface area contributed by atoms with E-state index in [1.54, 1.807) is 7.11 Å². The Labute approximate surface area is 109 Å². The first kappa shape index (κ1) is 13.3. The summed E-state index contributed by atoms with van der Waals surface area (Å²) in [5, 5.41) is 0. The Balaban J connectivity index is 2.00. The first-order valence-corrected chi connectivity index (χ1v) is 6.60. The Kier molecular flexibility index (Phi) is 4.19. The van der Waals surface area contributed by atoms with Crippen molar-refractivity contribution in [2.75, 3.05) is 13.7 Å². The van der Waals surface area contributed by atoms with E-state index in [-0.39, 0.29) is 0 Å². The molecule has 0 radical (unpaired) electrons. The topological polar surface area (TPSA) is 51.4 Å². The molecular weight excluding hydrogens is 226 g/mol. The van der Waals surface area contributed by atoms with Crippen LogP contribution in [0.3, 0.4) is 0 Å². The molecule has 1 aliphatic rings. The van der Waals surface area contributed by atoms with Gasteiger partial charge in [0.05, 0.1) is 7.11 Å². The van der Waals surface area contributed by atoms with Crippen LogP contribution in [0.2, 0.25) is 0 Å². The molecule has 4 heteroatoms. The van der Waals surface area contributed by atoms with Crippen molar-refractivity contribution in [3.05, 3.63) is 23.9 Å². The Hall–Kier alpha value is -1.13. The van der Waals surface area contributed by atoms with E-state index in [0.29, 0.717) is 23.9 Å². The van der Waals surface area contributed by atoms with E-state index in [1.165, 1.54) is 5.56 Å². The number of nitrogens with two attached hydrogens (primary N) is 1. The zero-order chi connectivity index (χ0) is 13.1. The lowest BCUT2D eigenvalue weighted by Crippen LogP contribution is -2.51. The highest BCUT2D eigenvalue weighted by Gasteiger charge is 2.29. The number of nitrogens with zero attached hydrogens (tertiary/aromatic N) is 2. The van der Waals surface area contributed by atoms with Crippen molar-refractivity contribution in [3.63, 3.8) is 0 Å². The van der Waals surface area contributed by atoms with Gasteiger partial charge in [0.25, 0.3) is 0 Å². The molecule has 3 unspecified atom stereocenters. The average molecular weight is 249 g/mol. The third kappa shape index (κ3) is 2.82. The molecule has 18 heavy (non-hydrogen) atoms. The third-order valence-corrected chi connectivity index (χ3v) is 4.15. The second kappa shape index (κ2) is 5.67. The smallest absolute Gasteiger partial charge is 0.212 e. The number of piperidine rings is 1. The summed E-state index contributed by atoms with van der Waals surface area (Å²) in [6.45, 7) is 6.52. The summed E-state index contributed by atoms with van der Waals surface area (Å²) in [7, 11) is 1.64. The van der Waals surface area contributed by atoms with Crippen molar-refractivity contribution in [3.8, 4) is 5.88 Å². The van der Waals surface area contributed by atoms with Gasteiger partial charge in [0, 0.05) is 37.4 Å². The molecule has 0 amide bonds. The number of hydrogen-bond acceptors (Lipinski definition) is 4. The van der Waals surface area contributed by atoms with E-state index in [9.17, 15) is 0 Å². The molecule has 2 heterocycles. The zero-order valence-electron chi connectivity index (χ0n) is 11.5. The minimum absolute atomic E-state index is 0.338. The fourth-order valence-corrected chi connectivity index (χ4v) is 2.55. The van der Waals surface area contributed by atoms with Gasteiger partial charge >= 0.3 is 0 Å². The molecule has 2 N–H and O–H groups in total. The van der Waals surface area contributed by atoms with Crippen LogP contribution in [0.15, 0.2) is 18.3 Å². The van der Waals surface area contributed by atoms with Crippen molar-refractivity contribution in [2.24, 2.45) is 11.7 Å². The molecule has 0 bridgehead atoms. The number of aromatic nitrogens is 1. The van der Waals surface area contributed by atoms with Gasteiger partial charge in [-0.1, -0.05) is 13.0 Å². The van der Waals surface area contributed by atoms with Crippen LogP contribution in [0.1, 0.15) is 25.8 Å². The van der Waals surface area contributed by atoms with Crippen LogP contribution in [-0.4, -0.2) is 35.6 Å². The first-order valence-electron chi connectivity index (χ1n) is 6.60. The zero-order valence-corrected chi connectivity index (χ0v) is 11.5. The van der Waals surface area contributed by atoms with Gasteiger partial charge in [0.2, 0.25) is 5.88 Å². The highest BCUT2D eigenvalue weighted by molar-refractivity contribution is 5.17. The lowest BCUT2D eigenvalue weighted by Gasteiger charge is -2.41.